The lowest BCUT2D eigenvalue weighted by atomic mass is 10.1. The highest BCUT2D eigenvalue weighted by Crippen LogP contribution is 2.08. The van der Waals surface area contributed by atoms with Gasteiger partial charge in [0.25, 0.3) is 0 Å². The molecule has 2 aromatic rings. The fourth-order valence-corrected chi connectivity index (χ4v) is 3.32. The monoisotopic (exact) mass is 542 g/mol. The first-order valence-corrected chi connectivity index (χ1v) is 12.4. The van der Waals surface area contributed by atoms with Crippen molar-refractivity contribution in [3.63, 3.8) is 0 Å². The van der Waals surface area contributed by atoms with Crippen LogP contribution in [0.5, 0.6) is 0 Å². The Morgan fingerprint density at radius 2 is 1.44 bits per heavy atom. The molecule has 0 aliphatic rings. The summed E-state index contributed by atoms with van der Waals surface area (Å²) in [6.45, 7) is 0.0791. The number of guanidine groups is 1. The first-order chi connectivity index (χ1) is 18.8. The highest BCUT2D eigenvalue weighted by atomic mass is 16.6. The SMILES string of the molecule is COC(=O)[C@@H](O)NC(=O)CCCCCCN(C(=N)NC(=O)OCc1ccccc1)C(=O)OCc1ccccc1. The maximum absolute atomic E-state index is 12.8. The summed E-state index contributed by atoms with van der Waals surface area (Å²) in [7, 11) is 1.10. The number of methoxy groups -OCH3 is 1. The maximum Gasteiger partial charge on any atom is 0.416 e. The molecule has 0 aromatic heterocycles. The first-order valence-electron chi connectivity index (χ1n) is 12.4. The molecule has 0 aliphatic heterocycles. The van der Waals surface area contributed by atoms with Crippen molar-refractivity contribution in [1.29, 1.82) is 5.41 Å². The summed E-state index contributed by atoms with van der Waals surface area (Å²) in [5, 5.41) is 22.1. The Labute approximate surface area is 226 Å². The number of nitrogens with zero attached hydrogens (tertiary/aromatic N) is 1. The normalized spacial score (nSPS) is 11.0. The quantitative estimate of drug-likeness (QED) is 0.0748. The van der Waals surface area contributed by atoms with E-state index >= 15 is 0 Å². The molecule has 1 atom stereocenters. The van der Waals surface area contributed by atoms with Crippen molar-refractivity contribution in [3.05, 3.63) is 71.8 Å². The number of amides is 3. The Kier molecular flexibility index (Phi) is 13.5. The number of hydrogen-bond acceptors (Lipinski definition) is 9. The third kappa shape index (κ3) is 12.1. The van der Waals surface area contributed by atoms with Crippen molar-refractivity contribution >= 4 is 30.0 Å². The van der Waals surface area contributed by atoms with Crippen molar-refractivity contribution in [3.8, 4) is 0 Å². The molecular weight excluding hydrogens is 508 g/mol. The van der Waals surface area contributed by atoms with Crippen LogP contribution >= 0.6 is 0 Å². The molecule has 39 heavy (non-hydrogen) atoms. The second-order valence-corrected chi connectivity index (χ2v) is 8.38. The van der Waals surface area contributed by atoms with Crippen LogP contribution in [0, 0.1) is 5.41 Å². The zero-order valence-corrected chi connectivity index (χ0v) is 21.8. The number of nitrogens with one attached hydrogen (secondary N) is 3. The maximum atomic E-state index is 12.8. The zero-order valence-electron chi connectivity index (χ0n) is 21.8. The third-order valence-electron chi connectivity index (χ3n) is 5.39. The van der Waals surface area contributed by atoms with Gasteiger partial charge in [0.2, 0.25) is 18.1 Å². The average molecular weight is 543 g/mol. The van der Waals surface area contributed by atoms with Crippen molar-refractivity contribution < 1.29 is 38.5 Å². The lowest BCUT2D eigenvalue weighted by Crippen LogP contribution is -2.47. The second kappa shape index (κ2) is 17.1. The van der Waals surface area contributed by atoms with E-state index in [9.17, 15) is 24.3 Å². The first kappa shape index (κ1) is 30.8. The van der Waals surface area contributed by atoms with Crippen molar-refractivity contribution in [2.24, 2.45) is 0 Å². The number of aliphatic hydroxyl groups excluding tert-OH is 1. The van der Waals surface area contributed by atoms with Crippen LogP contribution in [0.15, 0.2) is 60.7 Å². The molecule has 210 valence electrons. The largest absolute Gasteiger partial charge is 0.466 e. The van der Waals surface area contributed by atoms with Gasteiger partial charge < -0.3 is 24.6 Å². The van der Waals surface area contributed by atoms with E-state index < -0.39 is 36.3 Å². The third-order valence-corrected chi connectivity index (χ3v) is 5.39. The van der Waals surface area contributed by atoms with Gasteiger partial charge in [0.15, 0.2) is 0 Å². The smallest absolute Gasteiger partial charge is 0.416 e. The number of ether oxygens (including phenoxy) is 3. The fraction of sp³-hybridized carbons (Fsp3) is 0.370. The Bertz CT molecular complexity index is 1080. The van der Waals surface area contributed by atoms with Gasteiger partial charge in [-0.3, -0.25) is 15.5 Å². The molecular formula is C27H34N4O8. The molecule has 3 amide bonds. The predicted molar refractivity (Wildman–Crippen MR) is 140 cm³/mol. The van der Waals surface area contributed by atoms with E-state index in [1.807, 2.05) is 24.3 Å². The predicted octanol–water partition coefficient (Wildman–Crippen LogP) is 3.04. The number of benzene rings is 2. The van der Waals surface area contributed by atoms with E-state index in [1.165, 1.54) is 0 Å². The summed E-state index contributed by atoms with van der Waals surface area (Å²) in [5.74, 6) is -1.94. The van der Waals surface area contributed by atoms with Crippen LogP contribution in [0.2, 0.25) is 0 Å². The molecule has 0 radical (unpaired) electrons. The van der Waals surface area contributed by atoms with Gasteiger partial charge in [0, 0.05) is 13.0 Å². The lowest BCUT2D eigenvalue weighted by Gasteiger charge is -2.22. The van der Waals surface area contributed by atoms with Gasteiger partial charge >= 0.3 is 18.2 Å². The number of hydrogen-bond donors (Lipinski definition) is 4. The van der Waals surface area contributed by atoms with E-state index in [-0.39, 0.29) is 26.2 Å². The molecule has 0 heterocycles. The average Bonchev–Trinajstić information content (AvgIpc) is 2.94. The number of alkyl carbamates (subject to hydrolysis) is 1. The molecule has 0 aliphatic carbocycles. The molecule has 12 nitrogen and oxygen atoms in total. The van der Waals surface area contributed by atoms with Crippen LogP contribution in [0.3, 0.4) is 0 Å². The summed E-state index contributed by atoms with van der Waals surface area (Å²) < 4.78 is 14.8. The molecule has 2 aromatic carbocycles. The minimum Gasteiger partial charge on any atom is -0.466 e. The van der Waals surface area contributed by atoms with Crippen molar-refractivity contribution in [2.75, 3.05) is 13.7 Å². The van der Waals surface area contributed by atoms with Crippen molar-refractivity contribution in [1.82, 2.24) is 15.5 Å². The summed E-state index contributed by atoms with van der Waals surface area (Å²) >= 11 is 0. The molecule has 4 N–H and O–H groups in total. The van der Waals surface area contributed by atoms with Gasteiger partial charge in [-0.2, -0.15) is 0 Å². The Morgan fingerprint density at radius 1 is 0.872 bits per heavy atom. The Hall–Kier alpha value is -4.45. The molecule has 0 saturated carbocycles. The number of aliphatic hydroxyl groups is 1. The standard InChI is InChI=1S/C27H34N4O8/c1-37-24(34)23(33)29-22(32)16-10-2-3-11-17-31(27(36)39-19-21-14-8-5-9-15-21)25(28)30-26(35)38-18-20-12-6-4-7-13-20/h4-9,12-15,23,33H,2-3,10-11,16-19H2,1H3,(H,29,32)(H2,28,30,35)/t23-/m1/s1. The van der Waals surface area contributed by atoms with E-state index in [2.05, 4.69) is 15.4 Å². The van der Waals surface area contributed by atoms with Crippen LogP contribution < -0.4 is 10.6 Å². The van der Waals surface area contributed by atoms with E-state index in [0.717, 1.165) is 23.1 Å². The van der Waals surface area contributed by atoms with Gasteiger partial charge in [0.05, 0.1) is 7.11 Å². The molecule has 0 spiro atoms. The Balaban J connectivity index is 1.83. The highest BCUT2D eigenvalue weighted by Gasteiger charge is 2.22. The van der Waals surface area contributed by atoms with Gasteiger partial charge in [-0.1, -0.05) is 73.5 Å². The lowest BCUT2D eigenvalue weighted by molar-refractivity contribution is -0.154. The number of carbonyl (C=O) groups is 4. The van der Waals surface area contributed by atoms with Crippen LogP contribution in [-0.4, -0.2) is 59.9 Å². The molecule has 0 fully saturated rings. The van der Waals surface area contributed by atoms with E-state index in [0.29, 0.717) is 25.7 Å². The second-order valence-electron chi connectivity index (χ2n) is 8.38. The van der Waals surface area contributed by atoms with Gasteiger partial charge in [0.1, 0.15) is 13.2 Å². The number of unbranched alkanes of at least 4 members (excludes halogenated alkanes) is 3. The molecule has 0 saturated heterocycles. The summed E-state index contributed by atoms with van der Waals surface area (Å²) in [4.78, 5) is 48.9. The fourth-order valence-electron chi connectivity index (χ4n) is 3.32. The van der Waals surface area contributed by atoms with Gasteiger partial charge in [-0.05, 0) is 24.0 Å². The van der Waals surface area contributed by atoms with E-state index in [1.54, 1.807) is 36.4 Å². The minimum absolute atomic E-state index is 0.00262. The van der Waals surface area contributed by atoms with Crippen LogP contribution in [0.25, 0.3) is 0 Å². The van der Waals surface area contributed by atoms with Gasteiger partial charge in [-0.15, -0.1) is 0 Å². The topological polar surface area (TPSA) is 167 Å². The molecule has 0 bridgehead atoms. The zero-order chi connectivity index (χ0) is 28.5. The summed E-state index contributed by atoms with van der Waals surface area (Å²) in [6.07, 6.45) is -1.18. The molecule has 12 heteroatoms. The number of esters is 1. The van der Waals surface area contributed by atoms with Crippen LogP contribution in [0.4, 0.5) is 9.59 Å². The number of carbonyl (C=O) groups excluding carboxylic acids is 4. The highest BCUT2D eigenvalue weighted by molar-refractivity contribution is 5.99. The van der Waals surface area contributed by atoms with Crippen LogP contribution in [0.1, 0.15) is 43.2 Å². The summed E-state index contributed by atoms with van der Waals surface area (Å²) in [5.41, 5.74) is 1.54. The summed E-state index contributed by atoms with van der Waals surface area (Å²) in [6, 6.07) is 18.1. The van der Waals surface area contributed by atoms with Crippen LogP contribution in [-0.2, 0) is 37.0 Å². The molecule has 0 unspecified atom stereocenters. The Morgan fingerprint density at radius 3 is 2.03 bits per heavy atom. The number of rotatable bonds is 13. The minimum atomic E-state index is -1.71. The van der Waals surface area contributed by atoms with Gasteiger partial charge in [-0.25, -0.2) is 19.3 Å². The van der Waals surface area contributed by atoms with Crippen molar-refractivity contribution in [2.45, 2.75) is 51.5 Å². The molecule has 2 rings (SSSR count). The van der Waals surface area contributed by atoms with E-state index in [4.69, 9.17) is 14.9 Å².